The summed E-state index contributed by atoms with van der Waals surface area (Å²) in [7, 11) is 0. The van der Waals surface area contributed by atoms with Crippen molar-refractivity contribution >= 4 is 28.6 Å². The molecule has 0 radical (unpaired) electrons. The molecule has 24 heavy (non-hydrogen) atoms. The van der Waals surface area contributed by atoms with E-state index >= 15 is 0 Å². The van der Waals surface area contributed by atoms with E-state index in [9.17, 15) is 4.79 Å². The van der Waals surface area contributed by atoms with Crippen LogP contribution in [0.2, 0.25) is 0 Å². The van der Waals surface area contributed by atoms with Crippen LogP contribution in [-0.4, -0.2) is 23.4 Å². The van der Waals surface area contributed by atoms with Gasteiger partial charge in [0.25, 0.3) is 0 Å². The van der Waals surface area contributed by atoms with Gasteiger partial charge in [0.1, 0.15) is 5.75 Å². The Labute approximate surface area is 140 Å². The predicted molar refractivity (Wildman–Crippen MR) is 95.4 cm³/mol. The SMILES string of the molecule is C[C@H](Oc1ccc(C=Nc2ccc3ccccc3c2)cc1)C(=O)O. The van der Waals surface area contributed by atoms with Crippen molar-refractivity contribution < 1.29 is 14.6 Å². The smallest absolute Gasteiger partial charge is 0.344 e. The molecular formula is C20H17NO3. The van der Waals surface area contributed by atoms with Crippen LogP contribution in [0.1, 0.15) is 12.5 Å². The Balaban J connectivity index is 1.72. The summed E-state index contributed by atoms with van der Waals surface area (Å²) in [6.45, 7) is 1.50. The van der Waals surface area contributed by atoms with Gasteiger partial charge in [0.15, 0.2) is 6.10 Å². The van der Waals surface area contributed by atoms with Crippen molar-refractivity contribution in [2.75, 3.05) is 0 Å². The van der Waals surface area contributed by atoms with Gasteiger partial charge in [0.05, 0.1) is 5.69 Å². The zero-order valence-electron chi connectivity index (χ0n) is 13.2. The number of carboxylic acids is 1. The number of aliphatic carboxylic acids is 1. The maximum atomic E-state index is 10.8. The topological polar surface area (TPSA) is 58.9 Å². The van der Waals surface area contributed by atoms with Crippen molar-refractivity contribution in [3.63, 3.8) is 0 Å². The van der Waals surface area contributed by atoms with Crippen LogP contribution in [0, 0.1) is 0 Å². The van der Waals surface area contributed by atoms with Crippen LogP contribution in [0.3, 0.4) is 0 Å². The van der Waals surface area contributed by atoms with E-state index in [4.69, 9.17) is 9.84 Å². The highest BCUT2D eigenvalue weighted by atomic mass is 16.5. The van der Waals surface area contributed by atoms with Crippen molar-refractivity contribution in [2.24, 2.45) is 4.99 Å². The molecule has 0 aliphatic heterocycles. The minimum absolute atomic E-state index is 0.521. The van der Waals surface area contributed by atoms with Crippen LogP contribution < -0.4 is 4.74 Å². The standard InChI is InChI=1S/C20H17NO3/c1-14(20(22)23)24-19-10-6-15(7-11-19)13-21-18-9-8-16-4-2-3-5-17(16)12-18/h2-14H,1H3,(H,22,23)/t14-/m0/s1. The number of ether oxygens (including phenoxy) is 1. The number of nitrogens with zero attached hydrogens (tertiary/aromatic N) is 1. The highest BCUT2D eigenvalue weighted by Crippen LogP contribution is 2.21. The van der Waals surface area contributed by atoms with Gasteiger partial charge in [-0.1, -0.05) is 30.3 Å². The van der Waals surface area contributed by atoms with Crippen LogP contribution in [0.4, 0.5) is 5.69 Å². The third kappa shape index (κ3) is 3.79. The molecule has 0 aliphatic carbocycles. The number of hydrogen-bond donors (Lipinski definition) is 1. The van der Waals surface area contributed by atoms with E-state index in [0.717, 1.165) is 16.6 Å². The van der Waals surface area contributed by atoms with Crippen LogP contribution in [0.15, 0.2) is 71.7 Å². The average Bonchev–Trinajstić information content (AvgIpc) is 2.61. The Morgan fingerprint density at radius 2 is 1.75 bits per heavy atom. The van der Waals surface area contributed by atoms with E-state index in [1.807, 2.05) is 42.5 Å². The predicted octanol–water partition coefficient (Wildman–Crippen LogP) is 4.44. The fourth-order valence-electron chi connectivity index (χ4n) is 2.29. The first kappa shape index (κ1) is 15.7. The van der Waals surface area contributed by atoms with E-state index in [2.05, 4.69) is 17.1 Å². The molecular weight excluding hydrogens is 302 g/mol. The zero-order valence-corrected chi connectivity index (χ0v) is 13.2. The lowest BCUT2D eigenvalue weighted by molar-refractivity contribution is -0.144. The fourth-order valence-corrected chi connectivity index (χ4v) is 2.29. The van der Waals surface area contributed by atoms with Crippen LogP contribution in [0.25, 0.3) is 10.8 Å². The number of carbonyl (C=O) groups is 1. The summed E-state index contributed by atoms with van der Waals surface area (Å²) in [6, 6.07) is 21.4. The highest BCUT2D eigenvalue weighted by Gasteiger charge is 2.11. The summed E-state index contributed by atoms with van der Waals surface area (Å²) < 4.78 is 5.30. The van der Waals surface area contributed by atoms with E-state index in [1.165, 1.54) is 12.3 Å². The molecule has 0 saturated heterocycles. The largest absolute Gasteiger partial charge is 0.479 e. The first-order chi connectivity index (χ1) is 11.6. The van der Waals surface area contributed by atoms with Crippen molar-refractivity contribution in [1.29, 1.82) is 0 Å². The molecule has 0 aromatic heterocycles. The molecule has 0 unspecified atom stereocenters. The lowest BCUT2D eigenvalue weighted by Gasteiger charge is -2.09. The van der Waals surface area contributed by atoms with Crippen molar-refractivity contribution in [3.05, 3.63) is 72.3 Å². The second-order valence-electron chi connectivity index (χ2n) is 5.46. The molecule has 1 atom stereocenters. The minimum Gasteiger partial charge on any atom is -0.479 e. The molecule has 3 aromatic carbocycles. The molecule has 3 aromatic rings. The van der Waals surface area contributed by atoms with Gasteiger partial charge in [-0.25, -0.2) is 4.79 Å². The Morgan fingerprint density at radius 3 is 2.46 bits per heavy atom. The first-order valence-corrected chi connectivity index (χ1v) is 7.64. The molecule has 4 heteroatoms. The molecule has 0 bridgehead atoms. The molecule has 0 saturated carbocycles. The number of hydrogen-bond acceptors (Lipinski definition) is 3. The molecule has 0 aliphatic rings. The monoisotopic (exact) mass is 319 g/mol. The third-order valence-corrected chi connectivity index (χ3v) is 3.64. The van der Waals surface area contributed by atoms with Gasteiger partial charge in [-0.3, -0.25) is 4.99 Å². The Morgan fingerprint density at radius 1 is 1.04 bits per heavy atom. The first-order valence-electron chi connectivity index (χ1n) is 7.64. The normalized spacial score (nSPS) is 12.4. The lowest BCUT2D eigenvalue weighted by atomic mass is 10.1. The van der Waals surface area contributed by atoms with Gasteiger partial charge < -0.3 is 9.84 Å². The summed E-state index contributed by atoms with van der Waals surface area (Å²) in [5.41, 5.74) is 1.80. The maximum absolute atomic E-state index is 10.8. The number of carboxylic acid groups (broad SMARTS) is 1. The summed E-state index contributed by atoms with van der Waals surface area (Å²) >= 11 is 0. The Hall–Kier alpha value is -3.14. The van der Waals surface area contributed by atoms with E-state index in [-0.39, 0.29) is 0 Å². The number of rotatable bonds is 5. The summed E-state index contributed by atoms with van der Waals surface area (Å²) in [5.74, 6) is -0.468. The van der Waals surface area contributed by atoms with Gasteiger partial charge >= 0.3 is 5.97 Å². The highest BCUT2D eigenvalue weighted by molar-refractivity contribution is 5.87. The third-order valence-electron chi connectivity index (χ3n) is 3.64. The van der Waals surface area contributed by atoms with Gasteiger partial charge in [-0.05, 0) is 59.7 Å². The summed E-state index contributed by atoms with van der Waals surface area (Å²) in [6.07, 6.45) is 0.899. The molecule has 120 valence electrons. The number of benzene rings is 3. The minimum atomic E-state index is -0.989. The average molecular weight is 319 g/mol. The van der Waals surface area contributed by atoms with E-state index in [0.29, 0.717) is 5.75 Å². The lowest BCUT2D eigenvalue weighted by Crippen LogP contribution is -2.22. The molecule has 1 N–H and O–H groups in total. The van der Waals surface area contributed by atoms with Crippen LogP contribution in [-0.2, 0) is 4.79 Å². The fraction of sp³-hybridized carbons (Fsp3) is 0.100. The van der Waals surface area contributed by atoms with Crippen molar-refractivity contribution in [2.45, 2.75) is 13.0 Å². The van der Waals surface area contributed by atoms with Gasteiger partial charge in [0, 0.05) is 6.21 Å². The molecule has 0 fully saturated rings. The zero-order chi connectivity index (χ0) is 16.9. The van der Waals surface area contributed by atoms with Crippen LogP contribution in [0.5, 0.6) is 5.75 Å². The molecule has 0 amide bonds. The van der Waals surface area contributed by atoms with Gasteiger partial charge in [0.2, 0.25) is 0 Å². The number of fused-ring (bicyclic) bond motifs is 1. The van der Waals surface area contributed by atoms with Gasteiger partial charge in [-0.2, -0.15) is 0 Å². The second kappa shape index (κ2) is 6.96. The Bertz CT molecular complexity index is 885. The molecule has 0 spiro atoms. The Kier molecular flexibility index (Phi) is 4.57. The molecule has 4 nitrogen and oxygen atoms in total. The van der Waals surface area contributed by atoms with Crippen molar-refractivity contribution in [3.8, 4) is 5.75 Å². The van der Waals surface area contributed by atoms with E-state index in [1.54, 1.807) is 18.3 Å². The maximum Gasteiger partial charge on any atom is 0.344 e. The summed E-state index contributed by atoms with van der Waals surface area (Å²) in [4.78, 5) is 15.3. The second-order valence-corrected chi connectivity index (χ2v) is 5.46. The van der Waals surface area contributed by atoms with E-state index < -0.39 is 12.1 Å². The molecule has 0 heterocycles. The summed E-state index contributed by atoms with van der Waals surface area (Å²) in [5, 5.41) is 11.2. The molecule has 3 rings (SSSR count). The van der Waals surface area contributed by atoms with Gasteiger partial charge in [-0.15, -0.1) is 0 Å². The quantitative estimate of drug-likeness (QED) is 0.707. The van der Waals surface area contributed by atoms with Crippen molar-refractivity contribution in [1.82, 2.24) is 0 Å². The number of aliphatic imine (C=N–C) groups is 1. The van der Waals surface area contributed by atoms with Crippen LogP contribution >= 0.6 is 0 Å².